The first-order chi connectivity index (χ1) is 16.6. The first-order valence-electron chi connectivity index (χ1n) is 12.0. The monoisotopic (exact) mass is 476 g/mol. The predicted molar refractivity (Wildman–Crippen MR) is 139 cm³/mol. The summed E-state index contributed by atoms with van der Waals surface area (Å²) >= 11 is 6.07. The lowest BCUT2D eigenvalue weighted by molar-refractivity contribution is -0.141. The van der Waals surface area contributed by atoms with Crippen LogP contribution in [0.1, 0.15) is 42.9 Å². The average Bonchev–Trinajstić information content (AvgIpc) is 2.87. The van der Waals surface area contributed by atoms with E-state index in [9.17, 15) is 9.59 Å². The van der Waals surface area contributed by atoms with Crippen molar-refractivity contribution in [2.24, 2.45) is 0 Å². The molecule has 0 unspecified atom stereocenters. The minimum absolute atomic E-state index is 0.0367. The second-order valence-corrected chi connectivity index (χ2v) is 8.92. The molecule has 0 bridgehead atoms. The van der Waals surface area contributed by atoms with Gasteiger partial charge in [0.2, 0.25) is 11.8 Å². The van der Waals surface area contributed by atoms with Crippen molar-refractivity contribution in [3.63, 3.8) is 0 Å². The Balaban J connectivity index is 1.86. The molecule has 0 heterocycles. The van der Waals surface area contributed by atoms with Gasteiger partial charge in [-0.3, -0.25) is 9.59 Å². The normalized spacial score (nSPS) is 11.6. The van der Waals surface area contributed by atoms with Gasteiger partial charge in [-0.1, -0.05) is 97.7 Å². The largest absolute Gasteiger partial charge is 0.354 e. The van der Waals surface area contributed by atoms with Gasteiger partial charge >= 0.3 is 0 Å². The van der Waals surface area contributed by atoms with Gasteiger partial charge < -0.3 is 10.2 Å². The van der Waals surface area contributed by atoms with E-state index in [2.05, 4.69) is 12.2 Å². The molecule has 0 fully saturated rings. The molecule has 0 saturated heterocycles. The Bertz CT molecular complexity index is 1020. The minimum atomic E-state index is -0.599. The van der Waals surface area contributed by atoms with Crippen molar-refractivity contribution >= 4 is 23.4 Å². The van der Waals surface area contributed by atoms with Crippen LogP contribution < -0.4 is 5.32 Å². The Morgan fingerprint density at radius 1 is 0.853 bits per heavy atom. The number of carbonyl (C=O) groups is 2. The van der Waals surface area contributed by atoms with Gasteiger partial charge in [0.25, 0.3) is 0 Å². The van der Waals surface area contributed by atoms with Gasteiger partial charge in [0.05, 0.1) is 0 Å². The summed E-state index contributed by atoms with van der Waals surface area (Å²) in [5.74, 6) is -0.148. The summed E-state index contributed by atoms with van der Waals surface area (Å²) in [7, 11) is 0. The highest BCUT2D eigenvalue weighted by molar-refractivity contribution is 6.30. The van der Waals surface area contributed by atoms with Crippen molar-refractivity contribution in [3.8, 4) is 0 Å². The molecule has 5 heteroatoms. The van der Waals surface area contributed by atoms with Gasteiger partial charge in [-0.05, 0) is 41.7 Å². The van der Waals surface area contributed by atoms with Crippen molar-refractivity contribution in [1.82, 2.24) is 10.2 Å². The number of rotatable bonds is 12. The van der Waals surface area contributed by atoms with E-state index in [0.29, 0.717) is 37.4 Å². The highest BCUT2D eigenvalue weighted by Gasteiger charge is 2.30. The van der Waals surface area contributed by atoms with Crippen LogP contribution >= 0.6 is 11.6 Å². The number of aryl methyl sites for hydroxylation is 1. The number of nitrogens with zero attached hydrogens (tertiary/aromatic N) is 1. The standard InChI is InChI=1S/C29H33ClN2O2/c1-2-3-20-31-29(34)27(21-24-12-8-5-9-13-24)32(22-25-14-17-26(30)18-15-25)28(33)19-16-23-10-6-4-7-11-23/h4-15,17-18,27H,2-3,16,19-22H2,1H3,(H,31,34)/t27-/m1/s1. The number of nitrogens with one attached hydrogen (secondary N) is 1. The maximum absolute atomic E-state index is 13.6. The maximum Gasteiger partial charge on any atom is 0.243 e. The Morgan fingerprint density at radius 3 is 2.09 bits per heavy atom. The zero-order valence-corrected chi connectivity index (χ0v) is 20.5. The lowest BCUT2D eigenvalue weighted by atomic mass is 10.0. The Labute approximate surface area is 207 Å². The van der Waals surface area contributed by atoms with E-state index >= 15 is 0 Å². The number of unbranched alkanes of at least 4 members (excludes halogenated alkanes) is 1. The van der Waals surface area contributed by atoms with Gasteiger partial charge in [-0.25, -0.2) is 0 Å². The Hall–Kier alpha value is -3.11. The van der Waals surface area contributed by atoms with E-state index in [1.54, 1.807) is 4.90 Å². The summed E-state index contributed by atoms with van der Waals surface area (Å²) in [5, 5.41) is 3.70. The topological polar surface area (TPSA) is 49.4 Å². The van der Waals surface area contributed by atoms with Crippen LogP contribution in [0.15, 0.2) is 84.9 Å². The van der Waals surface area contributed by atoms with E-state index in [4.69, 9.17) is 11.6 Å². The molecular formula is C29H33ClN2O2. The fourth-order valence-corrected chi connectivity index (χ4v) is 4.01. The summed E-state index contributed by atoms with van der Waals surface area (Å²) in [4.78, 5) is 28.7. The molecule has 3 aromatic rings. The minimum Gasteiger partial charge on any atom is -0.354 e. The van der Waals surface area contributed by atoms with Crippen LogP contribution in [-0.4, -0.2) is 29.3 Å². The van der Waals surface area contributed by atoms with Crippen LogP contribution in [0.25, 0.3) is 0 Å². The van der Waals surface area contributed by atoms with Crippen molar-refractivity contribution in [1.29, 1.82) is 0 Å². The Morgan fingerprint density at radius 2 is 1.47 bits per heavy atom. The maximum atomic E-state index is 13.6. The predicted octanol–water partition coefficient (Wildman–Crippen LogP) is 5.83. The highest BCUT2D eigenvalue weighted by atomic mass is 35.5. The van der Waals surface area contributed by atoms with Crippen LogP contribution in [0.4, 0.5) is 0 Å². The molecule has 34 heavy (non-hydrogen) atoms. The second kappa shape index (κ2) is 13.6. The molecule has 0 aromatic heterocycles. The third-order valence-corrected chi connectivity index (χ3v) is 6.09. The van der Waals surface area contributed by atoms with E-state index in [-0.39, 0.29) is 11.8 Å². The lowest BCUT2D eigenvalue weighted by Gasteiger charge is -2.31. The van der Waals surface area contributed by atoms with Crippen molar-refractivity contribution in [2.45, 2.75) is 51.6 Å². The molecular weight excluding hydrogens is 444 g/mol. The molecule has 2 amide bonds. The smallest absolute Gasteiger partial charge is 0.243 e. The van der Waals surface area contributed by atoms with Crippen LogP contribution in [-0.2, 0) is 29.0 Å². The summed E-state index contributed by atoms with van der Waals surface area (Å²) in [5.41, 5.74) is 3.07. The molecule has 0 aliphatic rings. The molecule has 0 saturated carbocycles. The number of carbonyl (C=O) groups excluding carboxylic acids is 2. The number of halogens is 1. The third kappa shape index (κ3) is 8.03. The molecule has 1 atom stereocenters. The summed E-state index contributed by atoms with van der Waals surface area (Å²) in [6.07, 6.45) is 3.33. The number of hydrogen-bond donors (Lipinski definition) is 1. The summed E-state index contributed by atoms with van der Waals surface area (Å²) in [6, 6.07) is 26.7. The SMILES string of the molecule is CCCCNC(=O)[C@@H](Cc1ccccc1)N(Cc1ccc(Cl)cc1)C(=O)CCc1ccccc1. The van der Waals surface area contributed by atoms with Gasteiger partial charge in [0.1, 0.15) is 6.04 Å². The van der Waals surface area contributed by atoms with E-state index in [1.165, 1.54) is 0 Å². The molecule has 178 valence electrons. The van der Waals surface area contributed by atoms with Crippen LogP contribution in [0.2, 0.25) is 5.02 Å². The van der Waals surface area contributed by atoms with E-state index in [0.717, 1.165) is 29.5 Å². The van der Waals surface area contributed by atoms with Gasteiger partial charge in [0.15, 0.2) is 0 Å². The zero-order chi connectivity index (χ0) is 24.2. The Kier molecular flexibility index (Phi) is 10.2. The summed E-state index contributed by atoms with van der Waals surface area (Å²) in [6.45, 7) is 3.05. The second-order valence-electron chi connectivity index (χ2n) is 8.48. The van der Waals surface area contributed by atoms with Gasteiger partial charge in [-0.15, -0.1) is 0 Å². The number of amides is 2. The van der Waals surface area contributed by atoms with Gasteiger partial charge in [0, 0.05) is 31.0 Å². The molecule has 0 radical (unpaired) electrons. The van der Waals surface area contributed by atoms with E-state index < -0.39 is 6.04 Å². The number of benzene rings is 3. The average molecular weight is 477 g/mol. The summed E-state index contributed by atoms with van der Waals surface area (Å²) < 4.78 is 0. The fourth-order valence-electron chi connectivity index (χ4n) is 3.89. The fraction of sp³-hybridized carbons (Fsp3) is 0.310. The highest BCUT2D eigenvalue weighted by Crippen LogP contribution is 2.18. The quantitative estimate of drug-likeness (QED) is 0.334. The molecule has 3 aromatic carbocycles. The molecule has 0 spiro atoms. The van der Waals surface area contributed by atoms with Crippen LogP contribution in [0.3, 0.4) is 0 Å². The lowest BCUT2D eigenvalue weighted by Crippen LogP contribution is -2.50. The van der Waals surface area contributed by atoms with E-state index in [1.807, 2.05) is 84.9 Å². The van der Waals surface area contributed by atoms with Crippen molar-refractivity contribution in [2.75, 3.05) is 6.54 Å². The third-order valence-electron chi connectivity index (χ3n) is 5.84. The van der Waals surface area contributed by atoms with Crippen molar-refractivity contribution in [3.05, 3.63) is 107 Å². The first kappa shape index (κ1) is 25.5. The molecule has 4 nitrogen and oxygen atoms in total. The molecule has 0 aliphatic heterocycles. The van der Waals surface area contributed by atoms with Gasteiger partial charge in [-0.2, -0.15) is 0 Å². The van der Waals surface area contributed by atoms with Crippen LogP contribution in [0, 0.1) is 0 Å². The zero-order valence-electron chi connectivity index (χ0n) is 19.8. The first-order valence-corrected chi connectivity index (χ1v) is 12.3. The molecule has 1 N–H and O–H groups in total. The number of hydrogen-bond acceptors (Lipinski definition) is 2. The molecule has 3 rings (SSSR count). The molecule has 0 aliphatic carbocycles. The van der Waals surface area contributed by atoms with Crippen molar-refractivity contribution < 1.29 is 9.59 Å². The van der Waals surface area contributed by atoms with Crippen LogP contribution in [0.5, 0.6) is 0 Å².